The highest BCUT2D eigenvalue weighted by atomic mass is 15.3. The Morgan fingerprint density at radius 1 is 1.41 bits per heavy atom. The molecule has 2 heterocycles. The van der Waals surface area contributed by atoms with Gasteiger partial charge in [-0.05, 0) is 6.92 Å². The first-order chi connectivity index (χ1) is 8.20. The average Bonchev–Trinajstić information content (AvgIpc) is 2.74. The second-order valence-electron chi connectivity index (χ2n) is 3.68. The third kappa shape index (κ3) is 2.51. The van der Waals surface area contributed by atoms with E-state index in [0.717, 1.165) is 17.2 Å². The van der Waals surface area contributed by atoms with Crippen LogP contribution < -0.4 is 16.6 Å². The van der Waals surface area contributed by atoms with Crippen LogP contribution in [0.5, 0.6) is 0 Å². The van der Waals surface area contributed by atoms with Crippen molar-refractivity contribution in [2.45, 2.75) is 13.5 Å². The first-order valence-corrected chi connectivity index (χ1v) is 5.21. The number of hydrogen-bond acceptors (Lipinski definition) is 6. The van der Waals surface area contributed by atoms with Gasteiger partial charge < -0.3 is 9.88 Å². The van der Waals surface area contributed by atoms with Crippen LogP contribution in [0.1, 0.15) is 11.4 Å². The summed E-state index contributed by atoms with van der Waals surface area (Å²) in [4.78, 5) is 12.5. The van der Waals surface area contributed by atoms with Crippen LogP contribution in [0.2, 0.25) is 0 Å². The van der Waals surface area contributed by atoms with Crippen LogP contribution >= 0.6 is 0 Å². The minimum absolute atomic E-state index is 0.387. The van der Waals surface area contributed by atoms with Gasteiger partial charge in [-0.2, -0.15) is 4.98 Å². The molecule has 0 aromatic carbocycles. The minimum atomic E-state index is 0.387. The van der Waals surface area contributed by atoms with Gasteiger partial charge in [0, 0.05) is 31.2 Å². The van der Waals surface area contributed by atoms with E-state index < -0.39 is 0 Å². The maximum absolute atomic E-state index is 5.26. The fraction of sp³-hybridized carbons (Fsp3) is 0.300. The molecule has 2 aromatic heterocycles. The number of anilines is 2. The number of hydrogen-bond donors (Lipinski definition) is 3. The standard InChI is InChI=1S/C10H15N7/c1-7-5-14-10(16-11)15-9(7)13-6-8-12-3-4-17(8)2/h3-5H,6,11H2,1-2H3,(H2,13,14,15,16). The van der Waals surface area contributed by atoms with E-state index in [4.69, 9.17) is 5.84 Å². The number of imidazole rings is 1. The first-order valence-electron chi connectivity index (χ1n) is 5.21. The zero-order chi connectivity index (χ0) is 12.3. The van der Waals surface area contributed by atoms with Crippen molar-refractivity contribution in [3.8, 4) is 0 Å². The zero-order valence-electron chi connectivity index (χ0n) is 9.81. The summed E-state index contributed by atoms with van der Waals surface area (Å²) in [5.74, 6) is 7.33. The third-order valence-electron chi connectivity index (χ3n) is 2.44. The van der Waals surface area contributed by atoms with E-state index in [0.29, 0.717) is 12.5 Å². The number of nitrogens with two attached hydrogens (primary N) is 1. The van der Waals surface area contributed by atoms with Crippen LogP contribution in [0, 0.1) is 6.92 Å². The van der Waals surface area contributed by atoms with Crippen molar-refractivity contribution in [2.24, 2.45) is 12.9 Å². The second kappa shape index (κ2) is 4.79. The number of nitrogens with zero attached hydrogens (tertiary/aromatic N) is 4. The lowest BCUT2D eigenvalue weighted by molar-refractivity contribution is 0.809. The van der Waals surface area contributed by atoms with E-state index in [-0.39, 0.29) is 0 Å². The molecule has 2 aromatic rings. The van der Waals surface area contributed by atoms with E-state index in [1.165, 1.54) is 0 Å². The maximum Gasteiger partial charge on any atom is 0.239 e. The first kappa shape index (κ1) is 11.3. The molecule has 2 rings (SSSR count). The summed E-state index contributed by atoms with van der Waals surface area (Å²) in [5, 5.41) is 3.20. The van der Waals surface area contributed by atoms with Crippen molar-refractivity contribution in [3.63, 3.8) is 0 Å². The molecule has 0 spiro atoms. The van der Waals surface area contributed by atoms with Gasteiger partial charge in [-0.25, -0.2) is 15.8 Å². The van der Waals surface area contributed by atoms with Crippen LogP contribution in [-0.2, 0) is 13.6 Å². The summed E-state index contributed by atoms with van der Waals surface area (Å²) in [6.07, 6.45) is 5.37. The van der Waals surface area contributed by atoms with Gasteiger partial charge in [-0.3, -0.25) is 5.43 Å². The maximum atomic E-state index is 5.26. The number of nitrogens with one attached hydrogen (secondary N) is 2. The fourth-order valence-electron chi connectivity index (χ4n) is 1.42. The monoisotopic (exact) mass is 233 g/mol. The normalized spacial score (nSPS) is 10.3. The smallest absolute Gasteiger partial charge is 0.239 e. The predicted octanol–water partition coefficient (Wildman–Crippen LogP) is 0.416. The topological polar surface area (TPSA) is 93.7 Å². The lowest BCUT2D eigenvalue weighted by atomic mass is 10.3. The molecule has 0 unspecified atom stereocenters. The van der Waals surface area contributed by atoms with Crippen molar-refractivity contribution in [2.75, 3.05) is 10.7 Å². The molecule has 4 N–H and O–H groups in total. The van der Waals surface area contributed by atoms with Crippen molar-refractivity contribution in [1.29, 1.82) is 0 Å². The van der Waals surface area contributed by atoms with Crippen LogP contribution in [0.25, 0.3) is 0 Å². The Balaban J connectivity index is 2.11. The van der Waals surface area contributed by atoms with Gasteiger partial charge in [0.25, 0.3) is 0 Å². The van der Waals surface area contributed by atoms with Crippen molar-refractivity contribution in [3.05, 3.63) is 30.0 Å². The van der Waals surface area contributed by atoms with Gasteiger partial charge in [-0.15, -0.1) is 0 Å². The molecule has 0 saturated carbocycles. The Kier molecular flexibility index (Phi) is 3.20. The molecule has 0 amide bonds. The van der Waals surface area contributed by atoms with E-state index in [1.54, 1.807) is 12.4 Å². The fourth-order valence-corrected chi connectivity index (χ4v) is 1.42. The summed E-state index contributed by atoms with van der Waals surface area (Å²) in [7, 11) is 1.95. The minimum Gasteiger partial charge on any atom is -0.362 e. The Hall–Kier alpha value is -2.15. The van der Waals surface area contributed by atoms with E-state index in [9.17, 15) is 0 Å². The number of aryl methyl sites for hydroxylation is 2. The van der Waals surface area contributed by atoms with E-state index in [1.807, 2.05) is 24.7 Å². The van der Waals surface area contributed by atoms with Gasteiger partial charge in [0.15, 0.2) is 0 Å². The molecule has 0 atom stereocenters. The van der Waals surface area contributed by atoms with Gasteiger partial charge in [0.1, 0.15) is 11.6 Å². The van der Waals surface area contributed by atoms with Gasteiger partial charge >= 0.3 is 0 Å². The Labute approximate surface area is 99.1 Å². The largest absolute Gasteiger partial charge is 0.362 e. The second-order valence-corrected chi connectivity index (χ2v) is 3.68. The van der Waals surface area contributed by atoms with E-state index in [2.05, 4.69) is 25.7 Å². The molecule has 0 aliphatic heterocycles. The molecule has 7 nitrogen and oxygen atoms in total. The van der Waals surface area contributed by atoms with Crippen LogP contribution in [-0.4, -0.2) is 19.5 Å². The molecule has 0 fully saturated rings. The molecule has 0 radical (unpaired) electrons. The summed E-state index contributed by atoms with van der Waals surface area (Å²) < 4.78 is 1.95. The highest BCUT2D eigenvalue weighted by Crippen LogP contribution is 2.12. The number of nitrogen functional groups attached to an aromatic ring is 1. The lowest BCUT2D eigenvalue weighted by Gasteiger charge is -2.09. The molecular weight excluding hydrogens is 218 g/mol. The summed E-state index contributed by atoms with van der Waals surface area (Å²) in [5.41, 5.74) is 3.37. The van der Waals surface area contributed by atoms with Crippen molar-refractivity contribution < 1.29 is 0 Å². The van der Waals surface area contributed by atoms with Crippen molar-refractivity contribution >= 4 is 11.8 Å². The molecule has 17 heavy (non-hydrogen) atoms. The molecular formula is C10H15N7. The van der Waals surface area contributed by atoms with Crippen molar-refractivity contribution in [1.82, 2.24) is 19.5 Å². The van der Waals surface area contributed by atoms with Crippen LogP contribution in [0.3, 0.4) is 0 Å². The average molecular weight is 233 g/mol. The molecule has 0 aliphatic carbocycles. The predicted molar refractivity (Wildman–Crippen MR) is 65.1 cm³/mol. The lowest BCUT2D eigenvalue weighted by Crippen LogP contribution is -2.13. The Morgan fingerprint density at radius 2 is 2.24 bits per heavy atom. The van der Waals surface area contributed by atoms with Gasteiger partial charge in [0.2, 0.25) is 5.95 Å². The summed E-state index contributed by atoms with van der Waals surface area (Å²) in [6.45, 7) is 2.53. The molecule has 0 saturated heterocycles. The zero-order valence-corrected chi connectivity index (χ0v) is 9.81. The molecule has 0 bridgehead atoms. The van der Waals surface area contributed by atoms with Crippen LogP contribution in [0.15, 0.2) is 18.6 Å². The Bertz CT molecular complexity index is 505. The van der Waals surface area contributed by atoms with Crippen LogP contribution in [0.4, 0.5) is 11.8 Å². The van der Waals surface area contributed by atoms with Gasteiger partial charge in [0.05, 0.1) is 6.54 Å². The highest BCUT2D eigenvalue weighted by molar-refractivity contribution is 5.46. The molecule has 0 aliphatic rings. The Morgan fingerprint density at radius 3 is 2.88 bits per heavy atom. The number of aromatic nitrogens is 4. The molecule has 90 valence electrons. The SMILES string of the molecule is Cc1cnc(NN)nc1NCc1nccn1C. The van der Waals surface area contributed by atoms with E-state index >= 15 is 0 Å². The quantitative estimate of drug-likeness (QED) is 0.523. The summed E-state index contributed by atoms with van der Waals surface area (Å²) in [6, 6.07) is 0. The molecule has 7 heteroatoms. The highest BCUT2D eigenvalue weighted by Gasteiger charge is 2.04. The van der Waals surface area contributed by atoms with Gasteiger partial charge in [-0.1, -0.05) is 0 Å². The third-order valence-corrected chi connectivity index (χ3v) is 2.44. The number of rotatable bonds is 4. The summed E-state index contributed by atoms with van der Waals surface area (Å²) >= 11 is 0. The number of hydrazine groups is 1.